The molecule has 5 nitrogen and oxygen atoms in total. The second-order valence-corrected chi connectivity index (χ2v) is 6.62. The smallest absolute Gasteiger partial charge is 0.319 e. The third kappa shape index (κ3) is 4.57. The van der Waals surface area contributed by atoms with Crippen LogP contribution in [0.3, 0.4) is 0 Å². The maximum atomic E-state index is 12.5. The van der Waals surface area contributed by atoms with Crippen molar-refractivity contribution in [1.29, 1.82) is 0 Å². The largest absolute Gasteiger partial charge is 0.497 e. The molecule has 3 aromatic rings. The number of carbonyl (C=O) groups excluding carboxylic acids is 1. The van der Waals surface area contributed by atoms with Gasteiger partial charge in [0.25, 0.3) is 0 Å². The van der Waals surface area contributed by atoms with Gasteiger partial charge in [0.15, 0.2) is 0 Å². The number of nitrogens with zero attached hydrogens (tertiary/aromatic N) is 1. The van der Waals surface area contributed by atoms with Gasteiger partial charge in [-0.3, -0.25) is 0 Å². The molecule has 27 heavy (non-hydrogen) atoms. The number of urea groups is 1. The molecule has 3 aromatic carbocycles. The van der Waals surface area contributed by atoms with Gasteiger partial charge in [-0.25, -0.2) is 4.79 Å². The molecule has 0 radical (unpaired) electrons. The first-order valence-electron chi connectivity index (χ1n) is 8.91. The minimum absolute atomic E-state index is 0.0402. The van der Waals surface area contributed by atoms with Crippen molar-refractivity contribution in [3.63, 3.8) is 0 Å². The molecule has 0 aliphatic carbocycles. The van der Waals surface area contributed by atoms with Gasteiger partial charge >= 0.3 is 6.03 Å². The molecule has 0 aliphatic rings. The average molecular weight is 363 g/mol. The van der Waals surface area contributed by atoms with Gasteiger partial charge in [-0.05, 0) is 43.2 Å². The van der Waals surface area contributed by atoms with Crippen molar-refractivity contribution in [3.05, 3.63) is 72.3 Å². The van der Waals surface area contributed by atoms with E-state index in [9.17, 15) is 4.79 Å². The van der Waals surface area contributed by atoms with Crippen molar-refractivity contribution in [2.45, 2.75) is 6.04 Å². The Hall–Kier alpha value is -3.05. The fraction of sp³-hybridized carbons (Fsp3) is 0.227. The predicted octanol–water partition coefficient (Wildman–Crippen LogP) is 4.27. The highest BCUT2D eigenvalue weighted by atomic mass is 16.5. The van der Waals surface area contributed by atoms with Gasteiger partial charge in [-0.1, -0.05) is 48.5 Å². The van der Waals surface area contributed by atoms with Gasteiger partial charge in [0.05, 0.1) is 18.8 Å². The SMILES string of the molecule is COc1cccc([C@@H](CNC(=O)Nc2cccc3ccccc23)N(C)C)c1. The van der Waals surface area contributed by atoms with Gasteiger partial charge in [-0.15, -0.1) is 0 Å². The quantitative estimate of drug-likeness (QED) is 0.687. The van der Waals surface area contributed by atoms with Crippen molar-refractivity contribution in [1.82, 2.24) is 10.2 Å². The third-order valence-corrected chi connectivity index (χ3v) is 4.60. The number of hydrogen-bond acceptors (Lipinski definition) is 3. The number of methoxy groups -OCH3 is 1. The lowest BCUT2D eigenvalue weighted by Crippen LogP contribution is -2.36. The van der Waals surface area contributed by atoms with Crippen LogP contribution in [-0.2, 0) is 0 Å². The van der Waals surface area contributed by atoms with E-state index in [0.717, 1.165) is 27.8 Å². The van der Waals surface area contributed by atoms with Crippen LogP contribution in [0, 0.1) is 0 Å². The van der Waals surface area contributed by atoms with Crippen LogP contribution in [0.15, 0.2) is 66.7 Å². The van der Waals surface area contributed by atoms with Gasteiger partial charge in [0, 0.05) is 11.9 Å². The van der Waals surface area contributed by atoms with Crippen molar-refractivity contribution in [2.24, 2.45) is 0 Å². The number of rotatable bonds is 6. The number of benzene rings is 3. The molecule has 0 unspecified atom stereocenters. The number of fused-ring (bicyclic) bond motifs is 1. The summed E-state index contributed by atoms with van der Waals surface area (Å²) in [6.07, 6.45) is 0. The van der Waals surface area contributed by atoms with Gasteiger partial charge in [0.1, 0.15) is 5.75 Å². The summed E-state index contributed by atoms with van der Waals surface area (Å²) >= 11 is 0. The Balaban J connectivity index is 1.69. The molecule has 0 fully saturated rings. The summed E-state index contributed by atoms with van der Waals surface area (Å²) in [5, 5.41) is 8.06. The maximum Gasteiger partial charge on any atom is 0.319 e. The van der Waals surface area contributed by atoms with E-state index >= 15 is 0 Å². The normalized spacial score (nSPS) is 12.0. The van der Waals surface area contributed by atoms with E-state index in [1.54, 1.807) is 7.11 Å². The lowest BCUT2D eigenvalue weighted by molar-refractivity contribution is 0.243. The first kappa shape index (κ1) is 18.7. The summed E-state index contributed by atoms with van der Waals surface area (Å²) in [4.78, 5) is 14.5. The first-order valence-corrected chi connectivity index (χ1v) is 8.91. The molecule has 2 N–H and O–H groups in total. The molecule has 0 spiro atoms. The molecule has 3 rings (SSSR count). The van der Waals surface area contributed by atoms with E-state index in [2.05, 4.69) is 15.5 Å². The first-order chi connectivity index (χ1) is 13.1. The Morgan fingerprint density at radius 1 is 1.04 bits per heavy atom. The van der Waals surface area contributed by atoms with E-state index in [-0.39, 0.29) is 12.1 Å². The van der Waals surface area contributed by atoms with Gasteiger partial charge in [-0.2, -0.15) is 0 Å². The second-order valence-electron chi connectivity index (χ2n) is 6.62. The third-order valence-electron chi connectivity index (χ3n) is 4.60. The minimum Gasteiger partial charge on any atom is -0.497 e. The lowest BCUT2D eigenvalue weighted by Gasteiger charge is -2.25. The van der Waals surface area contributed by atoms with Crippen molar-refractivity contribution < 1.29 is 9.53 Å². The Morgan fingerprint density at radius 2 is 1.78 bits per heavy atom. The van der Waals surface area contributed by atoms with E-state index in [0.29, 0.717) is 6.54 Å². The molecule has 0 saturated carbocycles. The minimum atomic E-state index is -0.221. The number of likely N-dealkylation sites (N-methyl/N-ethyl adjacent to an activating group) is 1. The topological polar surface area (TPSA) is 53.6 Å². The lowest BCUT2D eigenvalue weighted by atomic mass is 10.1. The van der Waals surface area contributed by atoms with Crippen LogP contribution in [0.4, 0.5) is 10.5 Å². The number of ether oxygens (including phenoxy) is 1. The highest BCUT2D eigenvalue weighted by molar-refractivity contribution is 6.01. The molecule has 2 amide bonds. The fourth-order valence-electron chi connectivity index (χ4n) is 3.14. The summed E-state index contributed by atoms with van der Waals surface area (Å²) in [5.74, 6) is 0.805. The predicted molar refractivity (Wildman–Crippen MR) is 110 cm³/mol. The number of amides is 2. The molecular formula is C22H25N3O2. The Bertz CT molecular complexity index is 919. The summed E-state index contributed by atoms with van der Waals surface area (Å²) < 4.78 is 5.31. The molecule has 0 aliphatic heterocycles. The van der Waals surface area contributed by atoms with Gasteiger partial charge in [0.2, 0.25) is 0 Å². The average Bonchev–Trinajstić information content (AvgIpc) is 2.68. The number of nitrogens with one attached hydrogen (secondary N) is 2. The zero-order valence-corrected chi connectivity index (χ0v) is 15.9. The van der Waals surface area contributed by atoms with Crippen LogP contribution < -0.4 is 15.4 Å². The second kappa shape index (κ2) is 8.56. The summed E-state index contributed by atoms with van der Waals surface area (Å²) in [7, 11) is 5.64. The molecule has 5 heteroatoms. The number of carbonyl (C=O) groups is 1. The molecule has 0 heterocycles. The number of anilines is 1. The zero-order chi connectivity index (χ0) is 19.2. The summed E-state index contributed by atoms with van der Waals surface area (Å²) in [6, 6.07) is 21.6. The van der Waals surface area contributed by atoms with E-state index in [4.69, 9.17) is 4.74 Å². The molecule has 0 bridgehead atoms. The molecule has 1 atom stereocenters. The maximum absolute atomic E-state index is 12.5. The Labute approximate surface area is 159 Å². The highest BCUT2D eigenvalue weighted by Gasteiger charge is 2.16. The van der Waals surface area contributed by atoms with E-state index < -0.39 is 0 Å². The van der Waals surface area contributed by atoms with E-state index in [1.807, 2.05) is 80.8 Å². The van der Waals surface area contributed by atoms with Crippen LogP contribution >= 0.6 is 0 Å². The fourth-order valence-corrected chi connectivity index (χ4v) is 3.14. The van der Waals surface area contributed by atoms with Crippen molar-refractivity contribution >= 4 is 22.5 Å². The standard InChI is InChI=1S/C22H25N3O2/c1-25(2)21(17-10-6-11-18(14-17)27-3)15-23-22(26)24-20-13-7-9-16-8-4-5-12-19(16)20/h4-14,21H,15H2,1-3H3,(H2,23,24,26)/t21-/m1/s1. The highest BCUT2D eigenvalue weighted by Crippen LogP contribution is 2.24. The Morgan fingerprint density at radius 3 is 2.56 bits per heavy atom. The number of hydrogen-bond donors (Lipinski definition) is 2. The molecule has 0 aromatic heterocycles. The van der Waals surface area contributed by atoms with E-state index in [1.165, 1.54) is 0 Å². The molecular weight excluding hydrogens is 338 g/mol. The van der Waals surface area contributed by atoms with Crippen LogP contribution in [0.2, 0.25) is 0 Å². The van der Waals surface area contributed by atoms with Crippen LogP contribution in [0.25, 0.3) is 10.8 Å². The summed E-state index contributed by atoms with van der Waals surface area (Å²) in [6.45, 7) is 0.483. The zero-order valence-electron chi connectivity index (χ0n) is 15.9. The van der Waals surface area contributed by atoms with Gasteiger partial charge < -0.3 is 20.3 Å². The van der Waals surface area contributed by atoms with Crippen LogP contribution in [0.5, 0.6) is 5.75 Å². The van der Waals surface area contributed by atoms with Crippen LogP contribution in [-0.4, -0.2) is 38.7 Å². The molecule has 0 saturated heterocycles. The van der Waals surface area contributed by atoms with Crippen LogP contribution in [0.1, 0.15) is 11.6 Å². The monoisotopic (exact) mass is 363 g/mol. The van der Waals surface area contributed by atoms with Crippen molar-refractivity contribution in [3.8, 4) is 5.75 Å². The van der Waals surface area contributed by atoms with Crippen molar-refractivity contribution in [2.75, 3.05) is 33.1 Å². The Kier molecular flexibility index (Phi) is 5.94. The summed E-state index contributed by atoms with van der Waals surface area (Å²) in [5.41, 5.74) is 1.89. The molecule has 140 valence electrons.